The first-order valence-corrected chi connectivity index (χ1v) is 5.81. The second-order valence-electron chi connectivity index (χ2n) is 3.11. The zero-order valence-corrected chi connectivity index (χ0v) is 10.6. The van der Waals surface area contributed by atoms with Crippen LogP contribution in [0.5, 0.6) is 0 Å². The SMILES string of the molecule is CNC(=O)CCN(C)c1nc(Cl)c(C=O)s1. The van der Waals surface area contributed by atoms with E-state index in [1.54, 1.807) is 19.0 Å². The van der Waals surface area contributed by atoms with E-state index in [0.717, 1.165) is 0 Å². The van der Waals surface area contributed by atoms with Crippen molar-refractivity contribution in [2.75, 3.05) is 25.5 Å². The Morgan fingerprint density at radius 1 is 1.69 bits per heavy atom. The monoisotopic (exact) mass is 261 g/mol. The van der Waals surface area contributed by atoms with Gasteiger partial charge in [-0.2, -0.15) is 0 Å². The summed E-state index contributed by atoms with van der Waals surface area (Å²) in [5.41, 5.74) is 0. The normalized spacial score (nSPS) is 9.94. The molecule has 1 aromatic heterocycles. The van der Waals surface area contributed by atoms with Crippen LogP contribution in [0, 0.1) is 0 Å². The number of amides is 1. The van der Waals surface area contributed by atoms with Gasteiger partial charge < -0.3 is 10.2 Å². The number of halogens is 1. The molecule has 0 radical (unpaired) electrons. The number of carbonyl (C=O) groups is 2. The molecule has 5 nitrogen and oxygen atoms in total. The third kappa shape index (κ3) is 3.18. The molecule has 0 spiro atoms. The lowest BCUT2D eigenvalue weighted by Gasteiger charge is -2.14. The van der Waals surface area contributed by atoms with Crippen LogP contribution < -0.4 is 10.2 Å². The molecule has 0 aliphatic carbocycles. The van der Waals surface area contributed by atoms with Crippen molar-refractivity contribution < 1.29 is 9.59 Å². The predicted octanol–water partition coefficient (Wildman–Crippen LogP) is 1.18. The molecule has 1 aromatic rings. The van der Waals surface area contributed by atoms with Gasteiger partial charge >= 0.3 is 0 Å². The molecule has 1 heterocycles. The highest BCUT2D eigenvalue weighted by molar-refractivity contribution is 7.17. The number of aldehydes is 1. The van der Waals surface area contributed by atoms with Crippen molar-refractivity contribution in [3.8, 4) is 0 Å². The van der Waals surface area contributed by atoms with Crippen molar-refractivity contribution in [2.24, 2.45) is 0 Å². The first kappa shape index (κ1) is 12.9. The number of thiazole rings is 1. The van der Waals surface area contributed by atoms with Crippen molar-refractivity contribution >= 4 is 40.3 Å². The molecule has 0 bridgehead atoms. The second kappa shape index (κ2) is 5.81. The first-order chi connectivity index (χ1) is 7.58. The van der Waals surface area contributed by atoms with Crippen molar-refractivity contribution in [1.29, 1.82) is 0 Å². The van der Waals surface area contributed by atoms with Crippen molar-refractivity contribution in [1.82, 2.24) is 10.3 Å². The number of rotatable bonds is 5. The molecule has 0 saturated heterocycles. The number of anilines is 1. The lowest BCUT2D eigenvalue weighted by molar-refractivity contribution is -0.120. The summed E-state index contributed by atoms with van der Waals surface area (Å²) in [6.45, 7) is 0.530. The minimum atomic E-state index is -0.0369. The summed E-state index contributed by atoms with van der Waals surface area (Å²) in [6, 6.07) is 0. The summed E-state index contributed by atoms with van der Waals surface area (Å²) in [5, 5.41) is 3.38. The molecule has 0 aromatic carbocycles. The van der Waals surface area contributed by atoms with Gasteiger partial charge in [-0.3, -0.25) is 9.59 Å². The molecule has 0 atom stereocenters. The van der Waals surface area contributed by atoms with Gasteiger partial charge in [-0.25, -0.2) is 4.98 Å². The third-order valence-corrected chi connectivity index (χ3v) is 3.48. The topological polar surface area (TPSA) is 62.3 Å². The third-order valence-electron chi connectivity index (χ3n) is 1.99. The van der Waals surface area contributed by atoms with E-state index in [1.807, 2.05) is 0 Å². The molecule has 0 saturated carbocycles. The minimum Gasteiger partial charge on any atom is -0.359 e. The molecule has 16 heavy (non-hydrogen) atoms. The van der Waals surface area contributed by atoms with E-state index in [0.29, 0.717) is 29.3 Å². The van der Waals surface area contributed by atoms with Gasteiger partial charge in [0.15, 0.2) is 16.6 Å². The van der Waals surface area contributed by atoms with Crippen LogP contribution in [-0.4, -0.2) is 37.8 Å². The van der Waals surface area contributed by atoms with Gasteiger partial charge in [0.05, 0.1) is 0 Å². The number of aromatic nitrogens is 1. The number of nitrogens with zero attached hydrogens (tertiary/aromatic N) is 2. The summed E-state index contributed by atoms with van der Waals surface area (Å²) in [4.78, 5) is 27.8. The van der Waals surface area contributed by atoms with Gasteiger partial charge in [-0.15, -0.1) is 0 Å². The zero-order chi connectivity index (χ0) is 12.1. The van der Waals surface area contributed by atoms with Crippen LogP contribution >= 0.6 is 22.9 Å². The Morgan fingerprint density at radius 3 is 2.88 bits per heavy atom. The molecule has 0 fully saturated rings. The average Bonchev–Trinajstić information content (AvgIpc) is 2.66. The van der Waals surface area contributed by atoms with Crippen LogP contribution in [0.3, 0.4) is 0 Å². The van der Waals surface area contributed by atoms with Gasteiger partial charge in [-0.05, 0) is 0 Å². The fourth-order valence-corrected chi connectivity index (χ4v) is 2.08. The highest BCUT2D eigenvalue weighted by atomic mass is 35.5. The quantitative estimate of drug-likeness (QED) is 0.809. The summed E-state index contributed by atoms with van der Waals surface area (Å²) in [5.74, 6) is -0.0369. The van der Waals surface area contributed by atoms with Crippen LogP contribution in [0.15, 0.2) is 0 Å². The largest absolute Gasteiger partial charge is 0.359 e. The molecule has 0 aliphatic heterocycles. The molecular weight excluding hydrogens is 250 g/mol. The van der Waals surface area contributed by atoms with Crippen LogP contribution in [0.4, 0.5) is 5.13 Å². The smallest absolute Gasteiger partial charge is 0.221 e. The standard InChI is InChI=1S/C9H12ClN3O2S/c1-11-7(15)3-4-13(2)9-12-8(10)6(5-14)16-9/h5H,3-4H2,1-2H3,(H,11,15). The van der Waals surface area contributed by atoms with Crippen molar-refractivity contribution in [3.05, 3.63) is 10.0 Å². The van der Waals surface area contributed by atoms with Gasteiger partial charge in [-0.1, -0.05) is 22.9 Å². The maximum Gasteiger partial charge on any atom is 0.221 e. The summed E-state index contributed by atoms with van der Waals surface area (Å²) < 4.78 is 0. The number of nitrogens with one attached hydrogen (secondary N) is 1. The van der Waals surface area contributed by atoms with E-state index in [4.69, 9.17) is 11.6 Å². The van der Waals surface area contributed by atoms with Gasteiger partial charge in [0.1, 0.15) is 4.88 Å². The molecule has 0 unspecified atom stereocenters. The molecule has 88 valence electrons. The Morgan fingerprint density at radius 2 is 2.38 bits per heavy atom. The van der Waals surface area contributed by atoms with E-state index in [2.05, 4.69) is 10.3 Å². The van der Waals surface area contributed by atoms with Crippen molar-refractivity contribution in [2.45, 2.75) is 6.42 Å². The molecule has 0 aliphatic rings. The Kier molecular flexibility index (Phi) is 4.70. The van der Waals surface area contributed by atoms with E-state index in [-0.39, 0.29) is 11.1 Å². The number of carbonyl (C=O) groups excluding carboxylic acids is 2. The van der Waals surface area contributed by atoms with Crippen molar-refractivity contribution in [3.63, 3.8) is 0 Å². The summed E-state index contributed by atoms with van der Waals surface area (Å²) >= 11 is 6.95. The Balaban J connectivity index is 2.62. The van der Waals surface area contributed by atoms with E-state index in [9.17, 15) is 9.59 Å². The molecule has 1 amide bonds. The summed E-state index contributed by atoms with van der Waals surface area (Å²) in [6.07, 6.45) is 1.05. The minimum absolute atomic E-state index is 0.0369. The van der Waals surface area contributed by atoms with Gasteiger partial charge in [0, 0.05) is 27.1 Å². The first-order valence-electron chi connectivity index (χ1n) is 4.61. The molecule has 7 heteroatoms. The fraction of sp³-hybridized carbons (Fsp3) is 0.444. The lowest BCUT2D eigenvalue weighted by atomic mass is 10.4. The number of hydrogen-bond donors (Lipinski definition) is 1. The van der Waals surface area contributed by atoms with Crippen LogP contribution in [0.2, 0.25) is 5.15 Å². The Labute approximate surface area is 102 Å². The van der Waals surface area contributed by atoms with Crippen LogP contribution in [-0.2, 0) is 4.79 Å². The molecule has 1 rings (SSSR count). The Bertz CT molecular complexity index is 394. The Hall–Kier alpha value is -1.14. The van der Waals surface area contributed by atoms with Crippen LogP contribution in [0.1, 0.15) is 16.1 Å². The lowest BCUT2D eigenvalue weighted by Crippen LogP contribution is -2.26. The van der Waals surface area contributed by atoms with Crippen LogP contribution in [0.25, 0.3) is 0 Å². The second-order valence-corrected chi connectivity index (χ2v) is 4.48. The molecular formula is C9H12ClN3O2S. The van der Waals surface area contributed by atoms with E-state index >= 15 is 0 Å². The van der Waals surface area contributed by atoms with E-state index in [1.165, 1.54) is 11.3 Å². The van der Waals surface area contributed by atoms with E-state index < -0.39 is 0 Å². The highest BCUT2D eigenvalue weighted by Gasteiger charge is 2.12. The predicted molar refractivity (Wildman–Crippen MR) is 64.5 cm³/mol. The molecule has 1 N–H and O–H groups in total. The highest BCUT2D eigenvalue weighted by Crippen LogP contribution is 2.27. The summed E-state index contributed by atoms with van der Waals surface area (Å²) in [7, 11) is 3.39. The van der Waals surface area contributed by atoms with Gasteiger partial charge in [0.2, 0.25) is 5.91 Å². The fourth-order valence-electron chi connectivity index (χ4n) is 1.03. The maximum absolute atomic E-state index is 11.0. The average molecular weight is 262 g/mol. The zero-order valence-electron chi connectivity index (χ0n) is 8.99. The van der Waals surface area contributed by atoms with Gasteiger partial charge in [0.25, 0.3) is 0 Å². The maximum atomic E-state index is 11.0. The number of hydrogen-bond acceptors (Lipinski definition) is 5.